The van der Waals surface area contributed by atoms with Crippen molar-refractivity contribution < 1.29 is 19.2 Å². The lowest BCUT2D eigenvalue weighted by Gasteiger charge is -2.35. The second kappa shape index (κ2) is 10.3. The van der Waals surface area contributed by atoms with Gasteiger partial charge in [-0.1, -0.05) is 37.1 Å². The summed E-state index contributed by atoms with van der Waals surface area (Å²) in [6, 6.07) is 6.58. The van der Waals surface area contributed by atoms with Crippen LogP contribution in [0.25, 0.3) is 0 Å². The molecule has 2 aliphatic heterocycles. The minimum absolute atomic E-state index is 0.171. The van der Waals surface area contributed by atoms with Crippen molar-refractivity contribution in [3.8, 4) is 0 Å². The van der Waals surface area contributed by atoms with E-state index in [1.54, 1.807) is 29.2 Å². The molecular formula is C24H32ClN5O4. The highest BCUT2D eigenvalue weighted by Gasteiger charge is 2.52. The maximum Gasteiger partial charge on any atom is 0.325 e. The minimum atomic E-state index is -0.837. The van der Waals surface area contributed by atoms with Gasteiger partial charge in [-0.15, -0.1) is 0 Å². The van der Waals surface area contributed by atoms with Gasteiger partial charge in [-0.3, -0.25) is 24.2 Å². The first-order chi connectivity index (χ1) is 16.3. The SMILES string of the molecule is CCC1CCC2(CC1)NC(=O)N(CC(=O)N1CCN(CC(=O)Nc3ccccc3Cl)CC1)C2=O. The highest BCUT2D eigenvalue weighted by atomic mass is 35.5. The van der Waals surface area contributed by atoms with Crippen molar-refractivity contribution in [2.75, 3.05) is 44.6 Å². The van der Waals surface area contributed by atoms with Gasteiger partial charge in [0.1, 0.15) is 12.1 Å². The summed E-state index contributed by atoms with van der Waals surface area (Å²) >= 11 is 6.09. The van der Waals surface area contributed by atoms with Crippen molar-refractivity contribution in [2.45, 2.75) is 44.6 Å². The van der Waals surface area contributed by atoms with Crippen molar-refractivity contribution in [3.63, 3.8) is 0 Å². The number of amides is 5. The van der Waals surface area contributed by atoms with E-state index < -0.39 is 11.6 Å². The summed E-state index contributed by atoms with van der Waals surface area (Å²) in [4.78, 5) is 55.5. The number of hydrogen-bond donors (Lipinski definition) is 2. The minimum Gasteiger partial charge on any atom is -0.339 e. The number of halogens is 1. The largest absolute Gasteiger partial charge is 0.339 e. The van der Waals surface area contributed by atoms with E-state index in [9.17, 15) is 19.2 Å². The lowest BCUT2D eigenvalue weighted by Crippen LogP contribution is -2.53. The quantitative estimate of drug-likeness (QED) is 0.597. The van der Waals surface area contributed by atoms with Crippen LogP contribution in [0.5, 0.6) is 0 Å². The third-order valence-corrected chi connectivity index (χ3v) is 7.65. The number of nitrogens with zero attached hydrogens (tertiary/aromatic N) is 3. The molecular weight excluding hydrogens is 458 g/mol. The molecule has 0 radical (unpaired) electrons. The molecule has 3 aliphatic rings. The Morgan fingerprint density at radius 1 is 1.09 bits per heavy atom. The van der Waals surface area contributed by atoms with Crippen LogP contribution in [0.15, 0.2) is 24.3 Å². The van der Waals surface area contributed by atoms with Gasteiger partial charge in [-0.05, 0) is 43.7 Å². The van der Waals surface area contributed by atoms with Crippen LogP contribution in [0.2, 0.25) is 5.02 Å². The molecule has 1 aromatic carbocycles. The van der Waals surface area contributed by atoms with Crippen molar-refractivity contribution >= 4 is 41.0 Å². The van der Waals surface area contributed by atoms with Crippen LogP contribution in [0.1, 0.15) is 39.0 Å². The molecule has 0 unspecified atom stereocenters. The number of nitrogens with one attached hydrogen (secondary N) is 2. The molecule has 184 valence electrons. The smallest absolute Gasteiger partial charge is 0.325 e. The maximum atomic E-state index is 13.1. The van der Waals surface area contributed by atoms with Crippen molar-refractivity contribution in [3.05, 3.63) is 29.3 Å². The fourth-order valence-electron chi connectivity index (χ4n) is 5.08. The van der Waals surface area contributed by atoms with Crippen LogP contribution in [0.3, 0.4) is 0 Å². The summed E-state index contributed by atoms with van der Waals surface area (Å²) in [5, 5.41) is 6.16. The molecule has 1 aliphatic carbocycles. The highest BCUT2D eigenvalue weighted by molar-refractivity contribution is 6.33. The van der Waals surface area contributed by atoms with Crippen LogP contribution in [-0.2, 0) is 14.4 Å². The summed E-state index contributed by atoms with van der Waals surface area (Å²) in [5.74, 6) is -0.0948. The third-order valence-electron chi connectivity index (χ3n) is 7.32. The maximum absolute atomic E-state index is 13.1. The molecule has 2 saturated heterocycles. The predicted octanol–water partition coefficient (Wildman–Crippen LogP) is 2.31. The number of para-hydroxylation sites is 1. The number of imide groups is 1. The molecule has 3 fully saturated rings. The van der Waals surface area contributed by atoms with Gasteiger partial charge in [0, 0.05) is 26.2 Å². The van der Waals surface area contributed by atoms with Crippen LogP contribution >= 0.6 is 11.6 Å². The molecule has 9 nitrogen and oxygen atoms in total. The topological polar surface area (TPSA) is 102 Å². The number of carbonyl (C=O) groups excluding carboxylic acids is 4. The van der Waals surface area contributed by atoms with E-state index in [0.717, 1.165) is 24.2 Å². The molecule has 1 spiro atoms. The van der Waals surface area contributed by atoms with Crippen LogP contribution in [0.4, 0.5) is 10.5 Å². The standard InChI is InChI=1S/C24H32ClN5O4/c1-2-17-7-9-24(10-8-17)22(33)30(23(34)27-24)16-21(32)29-13-11-28(12-14-29)15-20(31)26-19-6-4-3-5-18(19)25/h3-6,17H,2,7-16H2,1H3,(H,26,31)(H,27,34). The van der Waals surface area contributed by atoms with E-state index in [0.29, 0.717) is 55.6 Å². The molecule has 0 aromatic heterocycles. The van der Waals surface area contributed by atoms with Gasteiger partial charge < -0.3 is 15.5 Å². The van der Waals surface area contributed by atoms with E-state index in [4.69, 9.17) is 11.6 Å². The Morgan fingerprint density at radius 2 is 1.76 bits per heavy atom. The molecule has 5 amide bonds. The highest BCUT2D eigenvalue weighted by Crippen LogP contribution is 2.37. The Labute approximate surface area is 204 Å². The zero-order chi connectivity index (χ0) is 24.3. The van der Waals surface area contributed by atoms with Gasteiger partial charge >= 0.3 is 6.03 Å². The van der Waals surface area contributed by atoms with Gasteiger partial charge in [0.15, 0.2) is 0 Å². The zero-order valence-electron chi connectivity index (χ0n) is 19.5. The monoisotopic (exact) mass is 489 g/mol. The van der Waals surface area contributed by atoms with E-state index >= 15 is 0 Å². The fraction of sp³-hybridized carbons (Fsp3) is 0.583. The van der Waals surface area contributed by atoms with Gasteiger partial charge in [-0.2, -0.15) is 0 Å². The summed E-state index contributed by atoms with van der Waals surface area (Å²) in [7, 11) is 0. The second-order valence-electron chi connectivity index (χ2n) is 9.44. The van der Waals surface area contributed by atoms with E-state index in [1.165, 1.54) is 0 Å². The number of hydrogen-bond acceptors (Lipinski definition) is 5. The van der Waals surface area contributed by atoms with E-state index in [1.807, 2.05) is 4.90 Å². The Hall–Kier alpha value is -2.65. The van der Waals surface area contributed by atoms with Crippen molar-refractivity contribution in [1.82, 2.24) is 20.0 Å². The molecule has 34 heavy (non-hydrogen) atoms. The first kappa shape index (κ1) is 24.5. The molecule has 1 saturated carbocycles. The molecule has 0 atom stereocenters. The lowest BCUT2D eigenvalue weighted by molar-refractivity contribution is -0.140. The average molecular weight is 490 g/mol. The first-order valence-corrected chi connectivity index (χ1v) is 12.4. The number of piperazine rings is 1. The lowest BCUT2D eigenvalue weighted by atomic mass is 9.75. The average Bonchev–Trinajstić information content (AvgIpc) is 3.05. The number of rotatable bonds is 6. The molecule has 10 heteroatoms. The Kier molecular flexibility index (Phi) is 7.42. The number of carbonyl (C=O) groups is 4. The first-order valence-electron chi connectivity index (χ1n) is 12.0. The summed E-state index contributed by atoms with van der Waals surface area (Å²) in [6.45, 7) is 4.04. The Bertz CT molecular complexity index is 954. The second-order valence-corrected chi connectivity index (χ2v) is 9.85. The van der Waals surface area contributed by atoms with E-state index in [2.05, 4.69) is 17.6 Å². The van der Waals surface area contributed by atoms with E-state index in [-0.39, 0.29) is 30.8 Å². The molecule has 4 rings (SSSR count). The van der Waals surface area contributed by atoms with Crippen molar-refractivity contribution in [1.29, 1.82) is 0 Å². The molecule has 2 N–H and O–H groups in total. The van der Waals surface area contributed by atoms with Crippen molar-refractivity contribution in [2.24, 2.45) is 5.92 Å². The molecule has 0 bridgehead atoms. The summed E-state index contributed by atoms with van der Waals surface area (Å²) in [5.41, 5.74) is -0.269. The van der Waals surface area contributed by atoms with Crippen LogP contribution in [0, 0.1) is 5.92 Å². The Morgan fingerprint density at radius 3 is 2.41 bits per heavy atom. The predicted molar refractivity (Wildman–Crippen MR) is 128 cm³/mol. The number of urea groups is 1. The number of benzene rings is 1. The fourth-order valence-corrected chi connectivity index (χ4v) is 5.27. The van der Waals surface area contributed by atoms with Gasteiger partial charge in [0.2, 0.25) is 11.8 Å². The number of anilines is 1. The van der Waals surface area contributed by atoms with Gasteiger partial charge in [0.05, 0.1) is 17.3 Å². The zero-order valence-corrected chi connectivity index (χ0v) is 20.3. The summed E-state index contributed by atoms with van der Waals surface area (Å²) in [6.07, 6.45) is 4.17. The third kappa shape index (κ3) is 5.20. The molecule has 2 heterocycles. The van der Waals surface area contributed by atoms with Crippen LogP contribution < -0.4 is 10.6 Å². The Balaban J connectivity index is 1.24. The molecule has 1 aromatic rings. The normalized spacial score (nSPS) is 25.5. The van der Waals surface area contributed by atoms with Crippen LogP contribution in [-0.4, -0.2) is 83.3 Å². The van der Waals surface area contributed by atoms with Gasteiger partial charge in [0.25, 0.3) is 5.91 Å². The van der Waals surface area contributed by atoms with Gasteiger partial charge in [-0.25, -0.2) is 4.79 Å². The summed E-state index contributed by atoms with van der Waals surface area (Å²) < 4.78 is 0.